The quantitative estimate of drug-likeness (QED) is 0.0291. The van der Waals surface area contributed by atoms with Crippen LogP contribution in [0.15, 0.2) is 6.07 Å². The van der Waals surface area contributed by atoms with Crippen LogP contribution in [0.3, 0.4) is 0 Å². The molecule has 296 valence electrons. The van der Waals surface area contributed by atoms with Crippen molar-refractivity contribution in [1.29, 1.82) is 0 Å². The van der Waals surface area contributed by atoms with E-state index in [2.05, 4.69) is 81.6 Å². The van der Waals surface area contributed by atoms with Crippen molar-refractivity contribution in [2.45, 2.75) is 219 Å². The highest BCUT2D eigenvalue weighted by Gasteiger charge is 2.27. The van der Waals surface area contributed by atoms with E-state index in [-0.39, 0.29) is 0 Å². The first kappa shape index (κ1) is 49.4. The third kappa shape index (κ3) is 26.7. The molecule has 0 aromatic heterocycles. The number of hydrogen-bond acceptors (Lipinski definition) is 4. The Morgan fingerprint density at radius 2 is 0.647 bits per heavy atom. The van der Waals surface area contributed by atoms with Gasteiger partial charge in [0.05, 0.1) is 24.3 Å². The minimum absolute atomic E-state index is 0.355. The fourth-order valence-corrected chi connectivity index (χ4v) is 9.38. The molecule has 7 heteroatoms. The average Bonchev–Trinajstić information content (AvgIpc) is 3.12. The van der Waals surface area contributed by atoms with E-state index < -0.39 is 11.9 Å². The molecule has 0 atom stereocenters. The average molecular weight is 1050 g/mol. The van der Waals surface area contributed by atoms with E-state index in [1.165, 1.54) is 180 Å². The van der Waals surface area contributed by atoms with Gasteiger partial charge in [0.15, 0.2) is 0 Å². The molecule has 0 spiro atoms. The van der Waals surface area contributed by atoms with Gasteiger partial charge in [-0.05, 0) is 86.7 Å². The number of ether oxygens (including phenoxy) is 2. The van der Waals surface area contributed by atoms with Gasteiger partial charge in [-0.25, -0.2) is 9.59 Å². The second kappa shape index (κ2) is 36.0. The topological polar surface area (TPSA) is 52.6 Å². The zero-order valence-electron chi connectivity index (χ0n) is 32.9. The second-order valence-corrected chi connectivity index (χ2v) is 18.2. The third-order valence-electron chi connectivity index (χ3n) is 10.0. The molecule has 0 aliphatic carbocycles. The second-order valence-electron chi connectivity index (χ2n) is 14.8. The van der Waals surface area contributed by atoms with Crippen LogP contribution in [0.1, 0.15) is 240 Å². The predicted molar refractivity (Wildman–Crippen MR) is 244 cm³/mol. The molecule has 51 heavy (non-hydrogen) atoms. The molecule has 1 aromatic carbocycles. The summed E-state index contributed by atoms with van der Waals surface area (Å²) in [7, 11) is 0. The highest BCUT2D eigenvalue weighted by atomic mass is 127. The summed E-state index contributed by atoms with van der Waals surface area (Å²) in [5.74, 6) is -0.824. The Morgan fingerprint density at radius 3 is 0.941 bits per heavy atom. The molecule has 0 heterocycles. The molecule has 1 aromatic rings. The fourth-order valence-electron chi connectivity index (χ4n) is 6.76. The monoisotopic (exact) mass is 1050 g/mol. The van der Waals surface area contributed by atoms with Gasteiger partial charge in [-0.1, -0.05) is 206 Å². The Bertz CT molecular complexity index is 999. The largest absolute Gasteiger partial charge is 0.462 e. The molecule has 1 rings (SSSR count). The lowest BCUT2D eigenvalue weighted by Gasteiger charge is -2.14. The van der Waals surface area contributed by atoms with Crippen molar-refractivity contribution in [3.05, 3.63) is 27.9 Å². The van der Waals surface area contributed by atoms with Crippen molar-refractivity contribution < 1.29 is 19.1 Å². The van der Waals surface area contributed by atoms with E-state index in [4.69, 9.17) is 9.47 Å². The summed E-state index contributed by atoms with van der Waals surface area (Å²) in [6.07, 6.45) is 42.0. The molecule has 0 saturated carbocycles. The lowest BCUT2D eigenvalue weighted by atomic mass is 10.0. The fraction of sp³-hybridized carbons (Fsp3) is 0.818. The van der Waals surface area contributed by atoms with Crippen LogP contribution in [0.4, 0.5) is 0 Å². The molecule has 0 aliphatic rings. The number of carbonyl (C=O) groups is 2. The van der Waals surface area contributed by atoms with Crippen molar-refractivity contribution in [2.75, 3.05) is 13.2 Å². The number of halogens is 3. The van der Waals surface area contributed by atoms with Crippen molar-refractivity contribution in [3.63, 3.8) is 0 Å². The van der Waals surface area contributed by atoms with Gasteiger partial charge in [0, 0.05) is 10.7 Å². The normalized spacial score (nSPS) is 11.3. The molecule has 0 aliphatic heterocycles. The Morgan fingerprint density at radius 1 is 0.392 bits per heavy atom. The Kier molecular flexibility index (Phi) is 34.9. The van der Waals surface area contributed by atoms with Crippen molar-refractivity contribution in [3.8, 4) is 0 Å². The first-order valence-corrected chi connectivity index (χ1v) is 24.7. The van der Waals surface area contributed by atoms with Crippen LogP contribution in [0.2, 0.25) is 0 Å². The van der Waals surface area contributed by atoms with E-state index in [0.29, 0.717) is 24.3 Å². The Labute approximate surface area is 356 Å². The summed E-state index contributed by atoms with van der Waals surface area (Å²) in [4.78, 5) is 26.5. The van der Waals surface area contributed by atoms with E-state index in [0.717, 1.165) is 36.4 Å². The molecule has 0 N–H and O–H groups in total. The van der Waals surface area contributed by atoms with Gasteiger partial charge >= 0.3 is 11.9 Å². The van der Waals surface area contributed by atoms with Crippen LogP contribution >= 0.6 is 67.8 Å². The number of rotatable bonds is 36. The highest BCUT2D eigenvalue weighted by Crippen LogP contribution is 2.29. The van der Waals surface area contributed by atoms with E-state index >= 15 is 0 Å². The maximum atomic E-state index is 13.2. The SMILES string of the molecule is CCCCCCCCCCCCCCCCCCOC(=O)c1c(I)cc(I)c(I)c1C(=O)OCCCCCCCCCCCCCCCCCC. The Hall–Kier alpha value is 0.350. The zero-order valence-corrected chi connectivity index (χ0v) is 39.4. The summed E-state index contributed by atoms with van der Waals surface area (Å²) in [5, 5.41) is 0. The lowest BCUT2D eigenvalue weighted by molar-refractivity contribution is 0.0448. The van der Waals surface area contributed by atoms with Crippen LogP contribution in [0.5, 0.6) is 0 Å². The number of benzene rings is 1. The van der Waals surface area contributed by atoms with Gasteiger partial charge < -0.3 is 9.47 Å². The zero-order chi connectivity index (χ0) is 37.2. The number of carbonyl (C=O) groups excluding carboxylic acids is 2. The molecule has 0 unspecified atom stereocenters. The van der Waals surface area contributed by atoms with E-state index in [1.54, 1.807) is 0 Å². The summed E-state index contributed by atoms with van der Waals surface area (Å²) in [5.41, 5.74) is 0.717. The predicted octanol–water partition coefficient (Wildman–Crippen LogP) is 16.3. The van der Waals surface area contributed by atoms with Gasteiger partial charge in [-0.15, -0.1) is 0 Å². The van der Waals surface area contributed by atoms with Crippen molar-refractivity contribution in [1.82, 2.24) is 0 Å². The van der Waals surface area contributed by atoms with E-state index in [1.807, 2.05) is 6.07 Å². The highest BCUT2D eigenvalue weighted by molar-refractivity contribution is 14.1. The Balaban J connectivity index is 2.18. The van der Waals surface area contributed by atoms with E-state index in [9.17, 15) is 9.59 Å². The maximum Gasteiger partial charge on any atom is 0.340 e. The van der Waals surface area contributed by atoms with Gasteiger partial charge in [-0.3, -0.25) is 0 Å². The summed E-state index contributed by atoms with van der Waals surface area (Å²) in [6, 6.07) is 1.94. The van der Waals surface area contributed by atoms with Gasteiger partial charge in [0.1, 0.15) is 0 Å². The molecular weight excluding hydrogens is 973 g/mol. The minimum Gasteiger partial charge on any atom is -0.462 e. The van der Waals surface area contributed by atoms with Gasteiger partial charge in [0.25, 0.3) is 0 Å². The van der Waals surface area contributed by atoms with Crippen LogP contribution in [-0.4, -0.2) is 25.2 Å². The first-order chi connectivity index (χ1) is 24.9. The number of esters is 2. The molecular formula is C44H75I3O4. The van der Waals surface area contributed by atoms with Gasteiger partial charge in [0.2, 0.25) is 0 Å². The summed E-state index contributed by atoms with van der Waals surface area (Å²) >= 11 is 6.54. The van der Waals surface area contributed by atoms with Crippen LogP contribution in [-0.2, 0) is 9.47 Å². The molecule has 0 saturated heterocycles. The molecule has 0 radical (unpaired) electrons. The summed E-state index contributed by atoms with van der Waals surface area (Å²) in [6.45, 7) is 5.35. The molecule has 4 nitrogen and oxygen atoms in total. The number of unbranched alkanes of at least 4 members (excludes halogenated alkanes) is 30. The first-order valence-electron chi connectivity index (χ1n) is 21.5. The minimum atomic E-state index is -0.413. The van der Waals surface area contributed by atoms with Crippen molar-refractivity contribution in [2.24, 2.45) is 0 Å². The van der Waals surface area contributed by atoms with Crippen molar-refractivity contribution >= 4 is 79.7 Å². The smallest absolute Gasteiger partial charge is 0.340 e. The third-order valence-corrected chi connectivity index (χ3v) is 13.9. The van der Waals surface area contributed by atoms with Gasteiger partial charge in [-0.2, -0.15) is 0 Å². The molecule has 0 bridgehead atoms. The molecule has 0 fully saturated rings. The lowest BCUT2D eigenvalue weighted by Crippen LogP contribution is -2.19. The number of hydrogen-bond donors (Lipinski definition) is 0. The standard InChI is InChI=1S/C44H75I3O4/c1-3-5-7-9-11-13-15-17-19-21-23-25-27-29-31-33-35-50-43(48)40-38(45)37-39(46)42(47)41(40)44(49)51-36-34-32-30-28-26-24-22-20-18-16-14-12-10-8-6-4-2/h37H,3-36H2,1-2H3. The summed E-state index contributed by atoms with van der Waals surface area (Å²) < 4.78 is 13.9. The van der Waals surface area contributed by atoms with Crippen LogP contribution in [0, 0.1) is 10.7 Å². The van der Waals surface area contributed by atoms with Crippen LogP contribution in [0.25, 0.3) is 0 Å². The maximum absolute atomic E-state index is 13.2. The molecule has 0 amide bonds. The van der Waals surface area contributed by atoms with Crippen LogP contribution < -0.4 is 0 Å².